The number of aliphatic hydroxyl groups is 1. The Morgan fingerprint density at radius 3 is 2.47 bits per heavy atom. The molecular formula is C23H26F3N7O3. The van der Waals surface area contributed by atoms with E-state index in [4.69, 9.17) is 0 Å². The van der Waals surface area contributed by atoms with Gasteiger partial charge in [0.25, 0.3) is 5.92 Å². The van der Waals surface area contributed by atoms with Gasteiger partial charge in [-0.05, 0) is 31.5 Å². The van der Waals surface area contributed by atoms with Gasteiger partial charge in [0, 0.05) is 38.2 Å². The number of urea groups is 2. The molecule has 1 aromatic carbocycles. The van der Waals surface area contributed by atoms with Crippen molar-refractivity contribution in [3.05, 3.63) is 47.9 Å². The largest absolute Gasteiger partial charge is 0.388 e. The van der Waals surface area contributed by atoms with Crippen LogP contribution in [0.1, 0.15) is 38.3 Å². The average molecular weight is 506 g/mol. The van der Waals surface area contributed by atoms with Gasteiger partial charge in [-0.2, -0.15) is 5.10 Å². The highest BCUT2D eigenvalue weighted by molar-refractivity contribution is 6.00. The van der Waals surface area contributed by atoms with E-state index in [0.717, 1.165) is 0 Å². The summed E-state index contributed by atoms with van der Waals surface area (Å²) in [6, 6.07) is 4.86. The number of rotatable bonds is 5. The Kier molecular flexibility index (Phi) is 6.76. The zero-order valence-corrected chi connectivity index (χ0v) is 19.6. The van der Waals surface area contributed by atoms with Crippen molar-refractivity contribution in [1.29, 1.82) is 0 Å². The number of alkyl halides is 2. The molecule has 36 heavy (non-hydrogen) atoms. The lowest BCUT2D eigenvalue weighted by Crippen LogP contribution is -2.44. The molecule has 192 valence electrons. The minimum absolute atomic E-state index is 0.0633. The highest BCUT2D eigenvalue weighted by Gasteiger charge is 2.36. The molecule has 0 unspecified atom stereocenters. The summed E-state index contributed by atoms with van der Waals surface area (Å²) in [5.41, 5.74) is -0.389. The second kappa shape index (κ2) is 9.64. The van der Waals surface area contributed by atoms with Crippen LogP contribution in [0.5, 0.6) is 0 Å². The molecule has 1 saturated heterocycles. The Morgan fingerprint density at radius 2 is 1.83 bits per heavy atom. The van der Waals surface area contributed by atoms with Crippen molar-refractivity contribution in [3.63, 3.8) is 0 Å². The van der Waals surface area contributed by atoms with Crippen LogP contribution in [0.3, 0.4) is 0 Å². The highest BCUT2D eigenvalue weighted by Crippen LogP contribution is 2.29. The second-order valence-corrected chi connectivity index (χ2v) is 9.20. The maximum atomic E-state index is 13.3. The van der Waals surface area contributed by atoms with Gasteiger partial charge in [-0.1, -0.05) is 12.1 Å². The van der Waals surface area contributed by atoms with E-state index >= 15 is 0 Å². The molecule has 3 aromatic rings. The number of benzene rings is 1. The number of halogens is 3. The molecule has 10 nitrogen and oxygen atoms in total. The number of nitrogens with one attached hydrogen (secondary N) is 4. The van der Waals surface area contributed by atoms with Crippen LogP contribution in [-0.2, 0) is 0 Å². The topological polar surface area (TPSA) is 135 Å². The first-order valence-corrected chi connectivity index (χ1v) is 11.2. The molecule has 3 heterocycles. The molecule has 0 bridgehead atoms. The van der Waals surface area contributed by atoms with Gasteiger partial charge < -0.3 is 15.3 Å². The second-order valence-electron chi connectivity index (χ2n) is 9.20. The van der Waals surface area contributed by atoms with Crippen molar-refractivity contribution < 1.29 is 27.9 Å². The third kappa shape index (κ3) is 5.85. The molecule has 0 spiro atoms. The number of pyridine rings is 1. The number of carbonyl (C=O) groups is 2. The summed E-state index contributed by atoms with van der Waals surface area (Å²) in [5, 5.41) is 25.6. The van der Waals surface area contributed by atoms with Crippen molar-refractivity contribution in [2.45, 2.75) is 44.3 Å². The van der Waals surface area contributed by atoms with Crippen LogP contribution in [0.25, 0.3) is 10.9 Å². The standard InChI is InChI=1S/C23H26F3N7O3/c1-22(2,36)18(13-3-5-14(24)6-4-13)29-20(34)28-17-11-16-15(12-27-17)19(32-31-16)30-21(35)33-9-7-23(25,26)8-10-33/h3-6,11-12,18,36H,7-10H2,1-2H3,(H2,27,28,29,34)(H2,30,31,32,35)/t18-/m0/s1. The number of carbonyl (C=O) groups excluding carboxylic acids is 2. The number of piperidine rings is 1. The Balaban J connectivity index is 1.42. The van der Waals surface area contributed by atoms with E-state index in [1.807, 2.05) is 0 Å². The van der Waals surface area contributed by atoms with Crippen LogP contribution < -0.4 is 16.0 Å². The minimum atomic E-state index is -2.76. The van der Waals surface area contributed by atoms with Gasteiger partial charge in [0.15, 0.2) is 5.82 Å². The molecule has 5 N–H and O–H groups in total. The first-order chi connectivity index (χ1) is 16.9. The van der Waals surface area contributed by atoms with Gasteiger partial charge in [-0.15, -0.1) is 0 Å². The summed E-state index contributed by atoms with van der Waals surface area (Å²) in [6.07, 6.45) is 0.605. The summed E-state index contributed by atoms with van der Waals surface area (Å²) in [6.45, 7) is 2.90. The Bertz CT molecular complexity index is 1250. The van der Waals surface area contributed by atoms with E-state index in [1.165, 1.54) is 55.3 Å². The molecule has 0 saturated carbocycles. The number of hydrogen-bond donors (Lipinski definition) is 5. The van der Waals surface area contributed by atoms with E-state index in [1.54, 1.807) is 0 Å². The molecular weight excluding hydrogens is 479 g/mol. The lowest BCUT2D eigenvalue weighted by Gasteiger charge is -2.31. The molecule has 2 aromatic heterocycles. The number of likely N-dealkylation sites (tertiary alicyclic amines) is 1. The minimum Gasteiger partial charge on any atom is -0.388 e. The summed E-state index contributed by atoms with van der Waals surface area (Å²) in [4.78, 5) is 30.5. The van der Waals surface area contributed by atoms with E-state index in [2.05, 4.69) is 31.1 Å². The fourth-order valence-corrected chi connectivity index (χ4v) is 3.90. The van der Waals surface area contributed by atoms with Crippen LogP contribution >= 0.6 is 0 Å². The third-order valence-corrected chi connectivity index (χ3v) is 5.88. The molecule has 4 amide bonds. The summed E-state index contributed by atoms with van der Waals surface area (Å²) in [5.74, 6) is -2.87. The predicted molar refractivity (Wildman–Crippen MR) is 126 cm³/mol. The molecule has 1 aliphatic heterocycles. The molecule has 1 fully saturated rings. The van der Waals surface area contributed by atoms with Crippen LogP contribution in [0.4, 0.5) is 34.4 Å². The first-order valence-electron chi connectivity index (χ1n) is 11.2. The summed E-state index contributed by atoms with van der Waals surface area (Å²) < 4.78 is 40.0. The molecule has 4 rings (SSSR count). The van der Waals surface area contributed by atoms with Gasteiger partial charge in [-0.25, -0.2) is 27.7 Å². The lowest BCUT2D eigenvalue weighted by molar-refractivity contribution is -0.0461. The number of nitrogens with zero attached hydrogens (tertiary/aromatic N) is 3. The van der Waals surface area contributed by atoms with Gasteiger partial charge in [0.1, 0.15) is 11.6 Å². The molecule has 13 heteroatoms. The van der Waals surface area contributed by atoms with Gasteiger partial charge in [0.05, 0.1) is 22.5 Å². The average Bonchev–Trinajstić information content (AvgIpc) is 3.19. The summed E-state index contributed by atoms with van der Waals surface area (Å²) >= 11 is 0. The Morgan fingerprint density at radius 1 is 1.17 bits per heavy atom. The molecule has 1 atom stereocenters. The van der Waals surface area contributed by atoms with E-state index < -0.39 is 48.3 Å². The lowest BCUT2D eigenvalue weighted by atomic mass is 9.92. The van der Waals surface area contributed by atoms with Crippen molar-refractivity contribution in [2.75, 3.05) is 23.7 Å². The van der Waals surface area contributed by atoms with Gasteiger partial charge in [0.2, 0.25) is 0 Å². The van der Waals surface area contributed by atoms with E-state index in [-0.39, 0.29) is 24.7 Å². The number of anilines is 2. The zero-order valence-electron chi connectivity index (χ0n) is 19.6. The molecule has 0 aliphatic carbocycles. The Labute approximate surface area is 204 Å². The van der Waals surface area contributed by atoms with E-state index in [9.17, 15) is 27.9 Å². The van der Waals surface area contributed by atoms with Crippen LogP contribution in [-0.4, -0.2) is 61.9 Å². The number of amides is 4. The van der Waals surface area contributed by atoms with Crippen LogP contribution in [0.2, 0.25) is 0 Å². The Hall–Kier alpha value is -3.87. The normalized spacial score (nSPS) is 16.4. The molecule has 1 aliphatic rings. The molecule has 0 radical (unpaired) electrons. The predicted octanol–water partition coefficient (Wildman–Crippen LogP) is 3.99. The fourth-order valence-electron chi connectivity index (χ4n) is 3.90. The fraction of sp³-hybridized carbons (Fsp3) is 0.391. The van der Waals surface area contributed by atoms with Crippen molar-refractivity contribution in [1.82, 2.24) is 25.4 Å². The SMILES string of the molecule is CC(C)(O)[C@@H](NC(=O)Nc1cc2[nH]nc(NC(=O)N3CCC(F)(F)CC3)c2cn1)c1ccc(F)cc1. The van der Waals surface area contributed by atoms with Crippen LogP contribution in [0, 0.1) is 5.82 Å². The van der Waals surface area contributed by atoms with Gasteiger partial charge in [-0.3, -0.25) is 15.7 Å². The number of aromatic amines is 1. The number of hydrogen-bond acceptors (Lipinski definition) is 5. The first kappa shape index (κ1) is 25.2. The quantitative estimate of drug-likeness (QED) is 0.357. The third-order valence-electron chi connectivity index (χ3n) is 5.88. The van der Waals surface area contributed by atoms with Crippen molar-refractivity contribution in [3.8, 4) is 0 Å². The highest BCUT2D eigenvalue weighted by atomic mass is 19.3. The van der Waals surface area contributed by atoms with E-state index in [0.29, 0.717) is 16.5 Å². The number of H-pyrrole nitrogens is 1. The summed E-state index contributed by atoms with van der Waals surface area (Å²) in [7, 11) is 0. The zero-order chi connectivity index (χ0) is 26.1. The maximum Gasteiger partial charge on any atom is 0.323 e. The van der Waals surface area contributed by atoms with Gasteiger partial charge >= 0.3 is 12.1 Å². The smallest absolute Gasteiger partial charge is 0.323 e. The van der Waals surface area contributed by atoms with Crippen molar-refractivity contribution >= 4 is 34.6 Å². The monoisotopic (exact) mass is 505 g/mol. The maximum absolute atomic E-state index is 13.3. The number of aromatic nitrogens is 3. The van der Waals surface area contributed by atoms with Crippen LogP contribution in [0.15, 0.2) is 36.5 Å². The van der Waals surface area contributed by atoms with Crippen molar-refractivity contribution in [2.24, 2.45) is 0 Å². The number of fused-ring (bicyclic) bond motifs is 1.